The van der Waals surface area contributed by atoms with E-state index in [2.05, 4.69) is 98.8 Å². The number of hydrogen-bond acceptors (Lipinski definition) is 4. The van der Waals surface area contributed by atoms with Gasteiger partial charge in [-0.1, -0.05) is 138 Å². The molecule has 2 unspecified atom stereocenters. The molecule has 0 N–H and O–H groups in total. The highest BCUT2D eigenvalue weighted by Gasteiger charge is 2.19. The third-order valence-electron chi connectivity index (χ3n) is 8.59. The third-order valence-corrected chi connectivity index (χ3v) is 10.7. The van der Waals surface area contributed by atoms with Crippen LogP contribution in [0.1, 0.15) is 34.4 Å². The molecule has 0 spiro atoms. The molecule has 2 atom stereocenters. The fourth-order valence-corrected chi connectivity index (χ4v) is 7.85. The fraction of sp³-hybridized carbons (Fsp3) is 0.0952. The molecule has 3 aromatic heterocycles. The van der Waals surface area contributed by atoms with E-state index in [1.54, 1.807) is 29.9 Å². The molecule has 0 fully saturated rings. The fourth-order valence-electron chi connectivity index (χ4n) is 6.05. The third kappa shape index (κ3) is 8.45. The first-order valence-corrected chi connectivity index (χ1v) is 18.4. The van der Waals surface area contributed by atoms with Crippen molar-refractivity contribution in [3.8, 4) is 11.1 Å². The molecule has 5 aromatic carbocycles. The van der Waals surface area contributed by atoms with Crippen molar-refractivity contribution in [1.29, 1.82) is 0 Å². The number of rotatable bonds is 10. The highest BCUT2D eigenvalue weighted by atomic mass is 35.5. The molecule has 9 heteroatoms. The summed E-state index contributed by atoms with van der Waals surface area (Å²) in [5, 5.41) is 5.17. The zero-order valence-corrected chi connectivity index (χ0v) is 30.5. The minimum absolute atomic E-state index is 0.138. The quantitative estimate of drug-likeness (QED) is 0.140. The van der Waals surface area contributed by atoms with Crippen LogP contribution < -0.4 is 0 Å². The van der Waals surface area contributed by atoms with Gasteiger partial charge in [-0.25, -0.2) is 9.97 Å². The van der Waals surface area contributed by atoms with Crippen LogP contribution in [0.4, 0.5) is 0 Å². The molecule has 254 valence electrons. The number of benzene rings is 5. The summed E-state index contributed by atoms with van der Waals surface area (Å²) in [6, 6.07) is 41.3. The van der Waals surface area contributed by atoms with Crippen molar-refractivity contribution in [1.82, 2.24) is 19.1 Å². The number of imidazole rings is 2. The Hall–Kier alpha value is -4.69. The van der Waals surface area contributed by atoms with Crippen LogP contribution in [0.15, 0.2) is 164 Å². The Morgan fingerprint density at radius 3 is 2.08 bits per heavy atom. The van der Waals surface area contributed by atoms with E-state index in [0.717, 1.165) is 26.2 Å². The largest absolute Gasteiger partial charge is 0.367 e. The molecule has 8 rings (SSSR count). The van der Waals surface area contributed by atoms with Gasteiger partial charge in [0.25, 0.3) is 0 Å². The molecule has 51 heavy (non-hydrogen) atoms. The van der Waals surface area contributed by atoms with Crippen LogP contribution in [0.2, 0.25) is 15.1 Å². The van der Waals surface area contributed by atoms with Crippen LogP contribution >= 0.6 is 46.1 Å². The first-order valence-electron chi connectivity index (χ1n) is 16.4. The Balaban J connectivity index is 0.000000160. The van der Waals surface area contributed by atoms with Gasteiger partial charge in [-0.2, -0.15) is 0 Å². The van der Waals surface area contributed by atoms with Crippen molar-refractivity contribution in [3.05, 3.63) is 201 Å². The molecule has 0 aliphatic carbocycles. The summed E-state index contributed by atoms with van der Waals surface area (Å²) in [7, 11) is 0. The van der Waals surface area contributed by atoms with Gasteiger partial charge in [-0.15, -0.1) is 11.3 Å². The minimum atomic E-state index is -0.238. The molecule has 0 radical (unpaired) electrons. The van der Waals surface area contributed by atoms with Crippen molar-refractivity contribution >= 4 is 56.2 Å². The normalized spacial score (nSPS) is 12.3. The number of aromatic nitrogens is 4. The summed E-state index contributed by atoms with van der Waals surface area (Å²) < 4.78 is 11.5. The van der Waals surface area contributed by atoms with E-state index in [9.17, 15) is 0 Å². The number of ether oxygens (including phenoxy) is 1. The average molecular weight is 748 g/mol. The summed E-state index contributed by atoms with van der Waals surface area (Å²) >= 11 is 20.4. The predicted molar refractivity (Wildman–Crippen MR) is 211 cm³/mol. The number of thiophene rings is 1. The zero-order chi connectivity index (χ0) is 35.0. The average Bonchev–Trinajstić information content (AvgIpc) is 3.96. The van der Waals surface area contributed by atoms with E-state index in [-0.39, 0.29) is 12.1 Å². The van der Waals surface area contributed by atoms with Crippen LogP contribution in [-0.2, 0) is 17.9 Å². The Bertz CT molecular complexity index is 2280. The maximum Gasteiger partial charge on any atom is 0.102 e. The molecule has 8 aromatic rings. The molecule has 0 bridgehead atoms. The van der Waals surface area contributed by atoms with E-state index < -0.39 is 0 Å². The number of fused-ring (bicyclic) bond motifs is 1. The van der Waals surface area contributed by atoms with Gasteiger partial charge in [0.2, 0.25) is 0 Å². The van der Waals surface area contributed by atoms with Crippen molar-refractivity contribution in [2.45, 2.75) is 25.3 Å². The topological polar surface area (TPSA) is 44.9 Å². The zero-order valence-electron chi connectivity index (χ0n) is 27.4. The van der Waals surface area contributed by atoms with Gasteiger partial charge in [0.1, 0.15) is 6.10 Å². The van der Waals surface area contributed by atoms with Crippen LogP contribution in [0.25, 0.3) is 21.2 Å². The van der Waals surface area contributed by atoms with Gasteiger partial charge < -0.3 is 13.9 Å². The molecule has 0 aliphatic heterocycles. The second-order valence-corrected chi connectivity index (χ2v) is 14.0. The standard InChI is InChI=1S/C22H18N2.C20H15Cl3N2OS/c1-3-7-18(8-4-1)19-11-13-21(14-12-19)22(24-16-15-23-17-24)20-9-5-2-6-10-20;21-14-4-5-16(18(23)8-14)19(9-25-7-6-24-12-25)26-10-13-11-27-20-15(13)2-1-3-17(20)22/h1-17,22H;1-8,11-12,19H,9-10H2. The van der Waals surface area contributed by atoms with Gasteiger partial charge in [-0.3, -0.25) is 0 Å². The lowest BCUT2D eigenvalue weighted by Gasteiger charge is -2.20. The monoisotopic (exact) mass is 746 g/mol. The first-order chi connectivity index (χ1) is 25.0. The van der Waals surface area contributed by atoms with E-state index in [1.165, 1.54) is 22.3 Å². The SMILES string of the molecule is Clc1ccc(C(Cn2ccnc2)OCc2csc3c(Cl)cccc23)c(Cl)c1.c1ccc(-c2ccc(C(c3ccccc3)n3ccnc3)cc2)cc1. The molecule has 0 saturated heterocycles. The Morgan fingerprint density at radius 2 is 1.37 bits per heavy atom. The Labute approximate surface area is 316 Å². The van der Waals surface area contributed by atoms with Crippen molar-refractivity contribution in [3.63, 3.8) is 0 Å². The van der Waals surface area contributed by atoms with Crippen LogP contribution in [0.3, 0.4) is 0 Å². The maximum absolute atomic E-state index is 6.44. The molecule has 5 nitrogen and oxygen atoms in total. The Kier molecular flexibility index (Phi) is 11.3. The first kappa shape index (κ1) is 34.7. The van der Waals surface area contributed by atoms with Gasteiger partial charge in [-0.05, 0) is 56.8 Å². The molecule has 0 saturated carbocycles. The number of hydrogen-bond donors (Lipinski definition) is 0. The summed E-state index contributed by atoms with van der Waals surface area (Å²) in [6.07, 6.45) is 10.9. The highest BCUT2D eigenvalue weighted by Crippen LogP contribution is 2.35. The maximum atomic E-state index is 6.44. The van der Waals surface area contributed by atoms with E-state index in [0.29, 0.717) is 23.2 Å². The second kappa shape index (κ2) is 16.6. The summed E-state index contributed by atoms with van der Waals surface area (Å²) in [5.41, 5.74) is 6.98. The molecule has 0 aliphatic rings. The molecule has 0 amide bonds. The lowest BCUT2D eigenvalue weighted by atomic mass is 9.96. The van der Waals surface area contributed by atoms with Crippen LogP contribution in [0, 0.1) is 0 Å². The highest BCUT2D eigenvalue weighted by molar-refractivity contribution is 7.18. The molecular weight excluding hydrogens is 715 g/mol. The Morgan fingerprint density at radius 1 is 0.667 bits per heavy atom. The van der Waals surface area contributed by atoms with E-state index in [1.807, 2.05) is 65.9 Å². The van der Waals surface area contributed by atoms with E-state index in [4.69, 9.17) is 39.5 Å². The van der Waals surface area contributed by atoms with Crippen LogP contribution in [-0.4, -0.2) is 19.1 Å². The van der Waals surface area contributed by atoms with Crippen LogP contribution in [0.5, 0.6) is 0 Å². The smallest absolute Gasteiger partial charge is 0.102 e. The second-order valence-electron chi connectivity index (χ2n) is 11.9. The number of halogens is 3. The van der Waals surface area contributed by atoms with Crippen molar-refractivity contribution < 1.29 is 4.74 Å². The minimum Gasteiger partial charge on any atom is -0.367 e. The van der Waals surface area contributed by atoms with E-state index >= 15 is 0 Å². The van der Waals surface area contributed by atoms with Gasteiger partial charge in [0, 0.05) is 40.4 Å². The molecular formula is C42H33Cl3N4OS. The van der Waals surface area contributed by atoms with Gasteiger partial charge in [0.05, 0.1) is 41.6 Å². The summed E-state index contributed by atoms with van der Waals surface area (Å²) in [5.74, 6) is 0. The van der Waals surface area contributed by atoms with Gasteiger partial charge >= 0.3 is 0 Å². The van der Waals surface area contributed by atoms with Crippen molar-refractivity contribution in [2.75, 3.05) is 0 Å². The lowest BCUT2D eigenvalue weighted by molar-refractivity contribution is 0.0288. The summed E-state index contributed by atoms with van der Waals surface area (Å²) in [6.45, 7) is 1.06. The summed E-state index contributed by atoms with van der Waals surface area (Å²) in [4.78, 5) is 8.33. The van der Waals surface area contributed by atoms with Crippen molar-refractivity contribution in [2.24, 2.45) is 0 Å². The predicted octanol–water partition coefficient (Wildman–Crippen LogP) is 12.2. The lowest BCUT2D eigenvalue weighted by Crippen LogP contribution is -2.12. The number of nitrogens with zero attached hydrogens (tertiary/aromatic N) is 4. The van der Waals surface area contributed by atoms with Gasteiger partial charge in [0.15, 0.2) is 0 Å². The molecule has 3 heterocycles.